The smallest absolute Gasteiger partial charge is 0.161 e. The van der Waals surface area contributed by atoms with Gasteiger partial charge in [-0.15, -0.1) is 0 Å². The third-order valence-electron chi connectivity index (χ3n) is 3.58. The first-order chi connectivity index (χ1) is 10.4. The SMILES string of the molecule is CCNC(Cc1cccnc1)c1ccc2c(c1)OCCO2. The third-order valence-corrected chi connectivity index (χ3v) is 3.58. The van der Waals surface area contributed by atoms with Crippen molar-refractivity contribution >= 4 is 0 Å². The summed E-state index contributed by atoms with van der Waals surface area (Å²) in [5.74, 6) is 1.68. The minimum absolute atomic E-state index is 0.245. The molecule has 1 aromatic carbocycles. The molecule has 0 bridgehead atoms. The summed E-state index contributed by atoms with van der Waals surface area (Å²) in [5.41, 5.74) is 2.43. The summed E-state index contributed by atoms with van der Waals surface area (Å²) in [4.78, 5) is 4.19. The Morgan fingerprint density at radius 2 is 2.05 bits per heavy atom. The van der Waals surface area contributed by atoms with Crippen LogP contribution in [0.2, 0.25) is 0 Å². The number of benzene rings is 1. The Balaban J connectivity index is 1.83. The van der Waals surface area contributed by atoms with Crippen molar-refractivity contribution in [3.05, 3.63) is 53.9 Å². The molecule has 1 N–H and O–H groups in total. The molecule has 1 aromatic heterocycles. The number of pyridine rings is 1. The minimum atomic E-state index is 0.245. The number of hydrogen-bond donors (Lipinski definition) is 1. The topological polar surface area (TPSA) is 43.4 Å². The van der Waals surface area contributed by atoms with Crippen LogP contribution in [-0.4, -0.2) is 24.7 Å². The first-order valence-electron chi connectivity index (χ1n) is 7.38. The van der Waals surface area contributed by atoms with E-state index >= 15 is 0 Å². The maximum absolute atomic E-state index is 5.68. The van der Waals surface area contributed by atoms with Gasteiger partial charge in [0.1, 0.15) is 13.2 Å². The molecule has 110 valence electrons. The van der Waals surface area contributed by atoms with Crippen molar-refractivity contribution in [3.63, 3.8) is 0 Å². The Hall–Kier alpha value is -2.07. The van der Waals surface area contributed by atoms with Gasteiger partial charge >= 0.3 is 0 Å². The normalized spacial score (nSPS) is 14.7. The van der Waals surface area contributed by atoms with E-state index in [-0.39, 0.29) is 6.04 Å². The van der Waals surface area contributed by atoms with E-state index in [9.17, 15) is 0 Å². The predicted molar refractivity (Wildman–Crippen MR) is 81.8 cm³/mol. The van der Waals surface area contributed by atoms with E-state index in [1.54, 1.807) is 6.20 Å². The number of nitrogens with one attached hydrogen (secondary N) is 1. The Morgan fingerprint density at radius 1 is 1.19 bits per heavy atom. The molecule has 2 aromatic rings. The molecular weight excluding hydrogens is 264 g/mol. The molecule has 1 aliphatic heterocycles. The first-order valence-corrected chi connectivity index (χ1v) is 7.38. The summed E-state index contributed by atoms with van der Waals surface area (Å²) in [5, 5.41) is 3.53. The Labute approximate surface area is 125 Å². The average Bonchev–Trinajstić information content (AvgIpc) is 2.55. The highest BCUT2D eigenvalue weighted by Gasteiger charge is 2.17. The molecule has 0 radical (unpaired) electrons. The van der Waals surface area contributed by atoms with Crippen LogP contribution in [0.3, 0.4) is 0 Å². The Bertz CT molecular complexity index is 587. The van der Waals surface area contributed by atoms with Gasteiger partial charge in [-0.3, -0.25) is 4.98 Å². The lowest BCUT2D eigenvalue weighted by atomic mass is 9.99. The lowest BCUT2D eigenvalue weighted by Crippen LogP contribution is -2.23. The zero-order valence-electron chi connectivity index (χ0n) is 12.2. The van der Waals surface area contributed by atoms with Gasteiger partial charge in [0.25, 0.3) is 0 Å². The highest BCUT2D eigenvalue weighted by molar-refractivity contribution is 5.45. The van der Waals surface area contributed by atoms with E-state index in [1.165, 1.54) is 11.1 Å². The van der Waals surface area contributed by atoms with Crippen molar-refractivity contribution in [2.45, 2.75) is 19.4 Å². The van der Waals surface area contributed by atoms with Gasteiger partial charge in [0.15, 0.2) is 11.5 Å². The standard InChI is InChI=1S/C17H20N2O2/c1-2-19-15(10-13-4-3-7-18-12-13)14-5-6-16-17(11-14)21-9-8-20-16/h3-7,11-12,15,19H,2,8-10H2,1H3. The van der Waals surface area contributed by atoms with Crippen LogP contribution in [0.1, 0.15) is 24.1 Å². The number of rotatable bonds is 5. The van der Waals surface area contributed by atoms with Crippen LogP contribution in [0.5, 0.6) is 11.5 Å². The van der Waals surface area contributed by atoms with Crippen molar-refractivity contribution in [1.29, 1.82) is 0 Å². The van der Waals surface area contributed by atoms with Crippen LogP contribution in [0.4, 0.5) is 0 Å². The number of nitrogens with zero attached hydrogens (tertiary/aromatic N) is 1. The van der Waals surface area contributed by atoms with Crippen molar-refractivity contribution < 1.29 is 9.47 Å². The first kappa shape index (κ1) is 13.9. The fourth-order valence-corrected chi connectivity index (χ4v) is 2.59. The highest BCUT2D eigenvalue weighted by atomic mass is 16.6. The average molecular weight is 284 g/mol. The summed E-state index contributed by atoms with van der Waals surface area (Å²) in [7, 11) is 0. The van der Waals surface area contributed by atoms with Gasteiger partial charge < -0.3 is 14.8 Å². The van der Waals surface area contributed by atoms with Crippen molar-refractivity contribution in [3.8, 4) is 11.5 Å². The lowest BCUT2D eigenvalue weighted by molar-refractivity contribution is 0.171. The zero-order valence-corrected chi connectivity index (χ0v) is 12.2. The van der Waals surface area contributed by atoms with Gasteiger partial charge in [-0.1, -0.05) is 19.1 Å². The second-order valence-electron chi connectivity index (χ2n) is 5.08. The molecule has 0 aliphatic carbocycles. The third kappa shape index (κ3) is 3.34. The van der Waals surface area contributed by atoms with Gasteiger partial charge in [-0.25, -0.2) is 0 Å². The maximum Gasteiger partial charge on any atom is 0.161 e. The molecule has 4 heteroatoms. The van der Waals surface area contributed by atoms with Crippen molar-refractivity contribution in [1.82, 2.24) is 10.3 Å². The van der Waals surface area contributed by atoms with Crippen LogP contribution >= 0.6 is 0 Å². The number of likely N-dealkylation sites (N-methyl/N-ethyl adjacent to an activating group) is 1. The molecular formula is C17H20N2O2. The second-order valence-corrected chi connectivity index (χ2v) is 5.08. The van der Waals surface area contributed by atoms with Gasteiger partial charge in [-0.05, 0) is 42.3 Å². The summed E-state index contributed by atoms with van der Waals surface area (Å²) in [6.45, 7) is 4.28. The number of fused-ring (bicyclic) bond motifs is 1. The number of aromatic nitrogens is 1. The zero-order chi connectivity index (χ0) is 14.5. The van der Waals surface area contributed by atoms with E-state index in [1.807, 2.05) is 18.3 Å². The molecule has 1 aliphatic rings. The molecule has 21 heavy (non-hydrogen) atoms. The molecule has 1 atom stereocenters. The summed E-state index contributed by atoms with van der Waals surface area (Å²) in [6, 6.07) is 10.5. The Morgan fingerprint density at radius 3 is 2.81 bits per heavy atom. The Kier molecular flexibility index (Phi) is 4.36. The van der Waals surface area contributed by atoms with Crippen molar-refractivity contribution in [2.75, 3.05) is 19.8 Å². The van der Waals surface area contributed by atoms with Gasteiger partial charge in [0.05, 0.1) is 0 Å². The summed E-state index contributed by atoms with van der Waals surface area (Å²) < 4.78 is 11.3. The fourth-order valence-electron chi connectivity index (χ4n) is 2.59. The summed E-state index contributed by atoms with van der Waals surface area (Å²) in [6.07, 6.45) is 4.62. The molecule has 4 nitrogen and oxygen atoms in total. The highest BCUT2D eigenvalue weighted by Crippen LogP contribution is 2.33. The molecule has 2 heterocycles. The lowest BCUT2D eigenvalue weighted by Gasteiger charge is -2.23. The van der Waals surface area contributed by atoms with E-state index in [4.69, 9.17) is 9.47 Å². The van der Waals surface area contributed by atoms with Crippen LogP contribution in [0.15, 0.2) is 42.7 Å². The molecule has 0 saturated carbocycles. The summed E-state index contributed by atoms with van der Waals surface area (Å²) >= 11 is 0. The van der Waals surface area contributed by atoms with Gasteiger partial charge in [0.2, 0.25) is 0 Å². The van der Waals surface area contributed by atoms with Crippen LogP contribution in [0.25, 0.3) is 0 Å². The molecule has 0 spiro atoms. The van der Waals surface area contributed by atoms with E-state index in [0.717, 1.165) is 24.5 Å². The second kappa shape index (κ2) is 6.59. The van der Waals surface area contributed by atoms with Gasteiger partial charge in [-0.2, -0.15) is 0 Å². The van der Waals surface area contributed by atoms with Crippen LogP contribution in [-0.2, 0) is 6.42 Å². The largest absolute Gasteiger partial charge is 0.486 e. The van der Waals surface area contributed by atoms with Crippen molar-refractivity contribution in [2.24, 2.45) is 0 Å². The van der Waals surface area contributed by atoms with Crippen LogP contribution in [0, 0.1) is 0 Å². The molecule has 0 amide bonds. The monoisotopic (exact) mass is 284 g/mol. The molecule has 1 unspecified atom stereocenters. The maximum atomic E-state index is 5.68. The molecule has 0 saturated heterocycles. The minimum Gasteiger partial charge on any atom is -0.486 e. The predicted octanol–water partition coefficient (Wildman–Crippen LogP) is 2.75. The quantitative estimate of drug-likeness (QED) is 0.917. The van der Waals surface area contributed by atoms with E-state index in [2.05, 4.69) is 35.4 Å². The van der Waals surface area contributed by atoms with E-state index < -0.39 is 0 Å². The molecule has 0 fully saturated rings. The fraction of sp³-hybridized carbons (Fsp3) is 0.353. The number of hydrogen-bond acceptors (Lipinski definition) is 4. The van der Waals surface area contributed by atoms with Gasteiger partial charge in [0, 0.05) is 18.4 Å². The molecule has 3 rings (SSSR count). The van der Waals surface area contributed by atoms with Crippen LogP contribution < -0.4 is 14.8 Å². The number of ether oxygens (including phenoxy) is 2. The van der Waals surface area contributed by atoms with E-state index in [0.29, 0.717) is 13.2 Å².